The molecule has 8 nitrogen and oxygen atoms in total. The summed E-state index contributed by atoms with van der Waals surface area (Å²) in [4.78, 5) is 41.6. The van der Waals surface area contributed by atoms with Crippen molar-refractivity contribution in [2.75, 3.05) is 19.8 Å². The van der Waals surface area contributed by atoms with E-state index in [1.807, 2.05) is 20.8 Å². The van der Waals surface area contributed by atoms with Gasteiger partial charge in [-0.2, -0.15) is 0 Å². The average molecular weight is 443 g/mol. The van der Waals surface area contributed by atoms with E-state index in [9.17, 15) is 19.7 Å². The lowest BCUT2D eigenvalue weighted by Crippen LogP contribution is -2.44. The quantitative estimate of drug-likeness (QED) is 0.256. The molecule has 1 aliphatic carbocycles. The molecule has 1 aromatic carbocycles. The number of Topliss-reactive ketones (excluding diaryl/α,β-unsaturated/α-hetero) is 1. The third kappa shape index (κ3) is 5.12. The van der Waals surface area contributed by atoms with Crippen molar-refractivity contribution in [3.05, 3.63) is 51.2 Å². The molecule has 32 heavy (non-hydrogen) atoms. The van der Waals surface area contributed by atoms with E-state index in [2.05, 4.69) is 4.99 Å². The predicted octanol–water partition coefficient (Wildman–Crippen LogP) is 4.38. The Bertz CT molecular complexity index is 961. The SMILES string of the molecule is CCCOCCOC(=O)C1=C(C)N=C2CC(C)(C)CC(=O)C2C1c1ccc([N+](=O)[O-])cc1. The van der Waals surface area contributed by atoms with E-state index in [0.29, 0.717) is 42.9 Å². The second-order valence-corrected chi connectivity index (χ2v) is 9.14. The van der Waals surface area contributed by atoms with E-state index in [0.717, 1.165) is 12.1 Å². The largest absolute Gasteiger partial charge is 0.460 e. The van der Waals surface area contributed by atoms with Gasteiger partial charge in [0.15, 0.2) is 0 Å². The van der Waals surface area contributed by atoms with Crippen LogP contribution in [0.3, 0.4) is 0 Å². The smallest absolute Gasteiger partial charge is 0.336 e. The van der Waals surface area contributed by atoms with E-state index in [4.69, 9.17) is 9.47 Å². The van der Waals surface area contributed by atoms with Crippen molar-refractivity contribution < 1.29 is 24.0 Å². The van der Waals surface area contributed by atoms with Crippen LogP contribution in [0, 0.1) is 21.4 Å². The number of carbonyl (C=O) groups is 2. The molecule has 1 aliphatic heterocycles. The molecular formula is C24H30N2O6. The van der Waals surface area contributed by atoms with Gasteiger partial charge >= 0.3 is 5.97 Å². The number of rotatable bonds is 8. The molecule has 0 N–H and O–H groups in total. The minimum absolute atomic E-state index is 0.0208. The van der Waals surface area contributed by atoms with Crippen LogP contribution in [0.5, 0.6) is 0 Å². The monoisotopic (exact) mass is 442 g/mol. The highest BCUT2D eigenvalue weighted by Gasteiger charge is 2.47. The maximum absolute atomic E-state index is 13.2. The summed E-state index contributed by atoms with van der Waals surface area (Å²) in [5.41, 5.74) is 2.01. The lowest BCUT2D eigenvalue weighted by Gasteiger charge is -2.41. The lowest BCUT2D eigenvalue weighted by molar-refractivity contribution is -0.384. The first-order chi connectivity index (χ1) is 15.1. The van der Waals surface area contributed by atoms with Gasteiger partial charge in [-0.05, 0) is 30.7 Å². The zero-order valence-corrected chi connectivity index (χ0v) is 19.1. The molecule has 0 spiro atoms. The fourth-order valence-corrected chi connectivity index (χ4v) is 4.54. The Hall–Kier alpha value is -2.87. The van der Waals surface area contributed by atoms with Gasteiger partial charge in [0.2, 0.25) is 0 Å². The maximum atomic E-state index is 13.2. The van der Waals surface area contributed by atoms with Crippen molar-refractivity contribution in [3.8, 4) is 0 Å². The van der Waals surface area contributed by atoms with Crippen LogP contribution in [-0.2, 0) is 19.1 Å². The summed E-state index contributed by atoms with van der Waals surface area (Å²) in [5, 5.41) is 11.1. The summed E-state index contributed by atoms with van der Waals surface area (Å²) in [5.74, 6) is -1.68. The summed E-state index contributed by atoms with van der Waals surface area (Å²) in [6.45, 7) is 8.79. The molecule has 172 valence electrons. The Morgan fingerprint density at radius 1 is 1.16 bits per heavy atom. The average Bonchev–Trinajstić information content (AvgIpc) is 2.71. The highest BCUT2D eigenvalue weighted by Crippen LogP contribution is 2.47. The molecule has 0 aromatic heterocycles. The Balaban J connectivity index is 1.98. The summed E-state index contributed by atoms with van der Waals surface area (Å²) < 4.78 is 10.8. The first kappa shape index (κ1) is 23.8. The van der Waals surface area contributed by atoms with E-state index in [-0.39, 0.29) is 23.5 Å². The van der Waals surface area contributed by atoms with Gasteiger partial charge < -0.3 is 9.47 Å². The van der Waals surface area contributed by atoms with Gasteiger partial charge in [0.25, 0.3) is 5.69 Å². The van der Waals surface area contributed by atoms with E-state index < -0.39 is 22.7 Å². The number of fused-ring (bicyclic) bond motifs is 1. The topological polar surface area (TPSA) is 108 Å². The Morgan fingerprint density at radius 3 is 2.47 bits per heavy atom. The normalized spacial score (nSPS) is 22.2. The van der Waals surface area contributed by atoms with E-state index >= 15 is 0 Å². The zero-order valence-electron chi connectivity index (χ0n) is 19.1. The van der Waals surface area contributed by atoms with Crippen molar-refractivity contribution in [2.45, 2.75) is 52.9 Å². The minimum Gasteiger partial charge on any atom is -0.460 e. The fourth-order valence-electron chi connectivity index (χ4n) is 4.54. The Labute approximate surface area is 187 Å². The number of nitrogens with zero attached hydrogens (tertiary/aromatic N) is 2. The molecule has 0 saturated heterocycles. The number of ether oxygens (including phenoxy) is 2. The van der Waals surface area contributed by atoms with Crippen LogP contribution in [-0.4, -0.2) is 42.2 Å². The van der Waals surface area contributed by atoms with Crippen molar-refractivity contribution in [3.63, 3.8) is 0 Å². The number of hydrogen-bond acceptors (Lipinski definition) is 7. The molecule has 8 heteroatoms. The molecule has 3 rings (SSSR count). The number of nitro groups is 1. The van der Waals surface area contributed by atoms with Gasteiger partial charge in [-0.15, -0.1) is 0 Å². The number of nitro benzene ring substituents is 1. The van der Waals surface area contributed by atoms with Crippen LogP contribution in [0.25, 0.3) is 0 Å². The molecule has 0 bridgehead atoms. The first-order valence-electron chi connectivity index (χ1n) is 10.9. The molecule has 2 aliphatic rings. The van der Waals surface area contributed by atoms with Gasteiger partial charge in [0.05, 0.1) is 23.0 Å². The van der Waals surface area contributed by atoms with E-state index in [1.165, 1.54) is 12.1 Å². The molecule has 0 amide bonds. The van der Waals surface area contributed by atoms with Crippen LogP contribution < -0.4 is 0 Å². The van der Waals surface area contributed by atoms with Crippen molar-refractivity contribution >= 4 is 23.2 Å². The Kier molecular flexibility index (Phi) is 7.23. The van der Waals surface area contributed by atoms with Crippen LogP contribution in [0.15, 0.2) is 40.5 Å². The number of esters is 1. The summed E-state index contributed by atoms with van der Waals surface area (Å²) >= 11 is 0. The molecule has 1 heterocycles. The molecule has 2 atom stereocenters. The fraction of sp³-hybridized carbons (Fsp3) is 0.542. The van der Waals surface area contributed by atoms with Crippen LogP contribution in [0.4, 0.5) is 5.69 Å². The number of benzene rings is 1. The highest BCUT2D eigenvalue weighted by molar-refractivity contribution is 6.12. The predicted molar refractivity (Wildman–Crippen MR) is 120 cm³/mol. The first-order valence-corrected chi connectivity index (χ1v) is 10.9. The van der Waals surface area contributed by atoms with Gasteiger partial charge in [0, 0.05) is 42.5 Å². The summed E-state index contributed by atoms with van der Waals surface area (Å²) in [7, 11) is 0. The van der Waals surface area contributed by atoms with Crippen LogP contribution in [0.2, 0.25) is 0 Å². The number of carbonyl (C=O) groups excluding carboxylic acids is 2. The standard InChI is InChI=1S/C24H30N2O6/c1-5-10-31-11-12-32-23(28)20-15(2)25-18-13-24(3,4)14-19(27)22(18)21(20)16-6-8-17(9-7-16)26(29)30/h6-9,21-22H,5,10-14H2,1-4H3. The van der Waals surface area contributed by atoms with Gasteiger partial charge in [-0.25, -0.2) is 4.79 Å². The van der Waals surface area contributed by atoms with Crippen molar-refractivity contribution in [2.24, 2.45) is 16.3 Å². The van der Waals surface area contributed by atoms with Crippen LogP contribution >= 0.6 is 0 Å². The maximum Gasteiger partial charge on any atom is 0.336 e. The third-order valence-corrected chi connectivity index (χ3v) is 5.86. The third-order valence-electron chi connectivity index (χ3n) is 5.86. The van der Waals surface area contributed by atoms with Gasteiger partial charge in [0.1, 0.15) is 12.4 Å². The molecule has 1 aromatic rings. The molecule has 1 fully saturated rings. The second kappa shape index (κ2) is 9.73. The number of allylic oxidation sites excluding steroid dienone is 1. The van der Waals surface area contributed by atoms with E-state index in [1.54, 1.807) is 19.1 Å². The Morgan fingerprint density at radius 2 is 1.84 bits per heavy atom. The zero-order chi connectivity index (χ0) is 23.5. The summed E-state index contributed by atoms with van der Waals surface area (Å²) in [6, 6.07) is 6.02. The van der Waals surface area contributed by atoms with Crippen molar-refractivity contribution in [1.82, 2.24) is 0 Å². The molecule has 1 saturated carbocycles. The second-order valence-electron chi connectivity index (χ2n) is 9.14. The molecule has 2 unspecified atom stereocenters. The highest BCUT2D eigenvalue weighted by atomic mass is 16.6. The minimum atomic E-state index is -0.587. The lowest BCUT2D eigenvalue weighted by atomic mass is 9.63. The molecule has 0 radical (unpaired) electrons. The van der Waals surface area contributed by atoms with Gasteiger partial charge in [-0.3, -0.25) is 19.9 Å². The van der Waals surface area contributed by atoms with Crippen LogP contribution in [0.1, 0.15) is 58.4 Å². The number of ketones is 1. The van der Waals surface area contributed by atoms with Gasteiger partial charge in [-0.1, -0.05) is 32.9 Å². The number of non-ortho nitro benzene ring substituents is 1. The summed E-state index contributed by atoms with van der Waals surface area (Å²) in [6.07, 6.45) is 1.90. The molecular weight excluding hydrogens is 412 g/mol. The number of hydrogen-bond donors (Lipinski definition) is 0. The number of aliphatic imine (C=N–C) groups is 1. The van der Waals surface area contributed by atoms with Crippen molar-refractivity contribution in [1.29, 1.82) is 0 Å².